The normalized spacial score (nSPS) is 16.5. The van der Waals surface area contributed by atoms with Crippen LogP contribution in [0.4, 0.5) is 5.69 Å². The standard InChI is InChI=1S/C22H16Br2N2O4S/c1-29-16-10-13(18(23)19(24)20(16)27)11-17-21(28)26(12-15-8-5-9-30-15)22(31-17)25-14-6-3-2-4-7-14/h2-11,27H,12H2,1H3/b17-11-,25-22?. The Balaban J connectivity index is 1.75. The van der Waals surface area contributed by atoms with Crippen molar-refractivity contribution in [1.82, 2.24) is 4.90 Å². The molecule has 3 aromatic rings. The Bertz CT molecular complexity index is 1180. The van der Waals surface area contributed by atoms with E-state index in [9.17, 15) is 9.90 Å². The fourth-order valence-corrected chi connectivity index (χ4v) is 4.75. The highest BCUT2D eigenvalue weighted by Gasteiger charge is 2.34. The summed E-state index contributed by atoms with van der Waals surface area (Å²) in [6, 6.07) is 14.7. The van der Waals surface area contributed by atoms with Crippen molar-refractivity contribution in [2.45, 2.75) is 6.54 Å². The zero-order valence-corrected chi connectivity index (χ0v) is 20.2. The van der Waals surface area contributed by atoms with Crippen LogP contribution in [0.25, 0.3) is 6.08 Å². The van der Waals surface area contributed by atoms with Gasteiger partial charge in [-0.1, -0.05) is 18.2 Å². The average molecular weight is 564 g/mol. The number of furan rings is 1. The van der Waals surface area contributed by atoms with Gasteiger partial charge in [-0.2, -0.15) is 0 Å². The van der Waals surface area contributed by atoms with Crippen molar-refractivity contribution in [3.8, 4) is 11.5 Å². The number of halogens is 2. The lowest BCUT2D eigenvalue weighted by molar-refractivity contribution is -0.122. The first kappa shape index (κ1) is 21.7. The van der Waals surface area contributed by atoms with Crippen LogP contribution in [0, 0.1) is 0 Å². The summed E-state index contributed by atoms with van der Waals surface area (Å²) in [5.41, 5.74) is 1.43. The molecule has 0 bridgehead atoms. The number of benzene rings is 2. The summed E-state index contributed by atoms with van der Waals surface area (Å²) < 4.78 is 11.7. The predicted molar refractivity (Wildman–Crippen MR) is 128 cm³/mol. The van der Waals surface area contributed by atoms with Crippen molar-refractivity contribution >= 4 is 66.5 Å². The van der Waals surface area contributed by atoms with E-state index in [-0.39, 0.29) is 18.2 Å². The van der Waals surface area contributed by atoms with Gasteiger partial charge in [-0.15, -0.1) is 0 Å². The van der Waals surface area contributed by atoms with Crippen molar-refractivity contribution in [2.24, 2.45) is 4.99 Å². The lowest BCUT2D eigenvalue weighted by Crippen LogP contribution is -2.28. The van der Waals surface area contributed by atoms with Crippen LogP contribution in [-0.4, -0.2) is 28.2 Å². The zero-order valence-electron chi connectivity index (χ0n) is 16.2. The van der Waals surface area contributed by atoms with Crippen LogP contribution >= 0.6 is 43.6 Å². The van der Waals surface area contributed by atoms with Crippen LogP contribution in [0.2, 0.25) is 0 Å². The third-order valence-corrected chi connectivity index (χ3v) is 7.61. The SMILES string of the molecule is COc1cc(/C=C2\SC(=Nc3ccccc3)N(Cc3ccco3)C2=O)c(Br)c(Br)c1O. The summed E-state index contributed by atoms with van der Waals surface area (Å²) in [7, 11) is 1.47. The molecular formula is C22H16Br2N2O4S. The van der Waals surface area contributed by atoms with Crippen molar-refractivity contribution in [1.29, 1.82) is 0 Å². The van der Waals surface area contributed by atoms with E-state index in [1.807, 2.05) is 36.4 Å². The Morgan fingerprint density at radius 2 is 1.97 bits per heavy atom. The number of amides is 1. The van der Waals surface area contributed by atoms with E-state index in [1.165, 1.54) is 18.9 Å². The highest BCUT2D eigenvalue weighted by Crippen LogP contribution is 2.44. The molecule has 1 N–H and O–H groups in total. The Hall–Kier alpha value is -2.49. The van der Waals surface area contributed by atoms with Gasteiger partial charge in [-0.05, 0) is 85.6 Å². The molecular weight excluding hydrogens is 548 g/mol. The lowest BCUT2D eigenvalue weighted by atomic mass is 10.2. The zero-order chi connectivity index (χ0) is 22.0. The van der Waals surface area contributed by atoms with Crippen LogP contribution in [0.3, 0.4) is 0 Å². The number of aliphatic imine (C=N–C) groups is 1. The maximum Gasteiger partial charge on any atom is 0.267 e. The topological polar surface area (TPSA) is 75.3 Å². The number of methoxy groups -OCH3 is 1. The van der Waals surface area contributed by atoms with Gasteiger partial charge in [0, 0.05) is 4.47 Å². The van der Waals surface area contributed by atoms with E-state index in [0.717, 1.165) is 5.69 Å². The summed E-state index contributed by atoms with van der Waals surface area (Å²) in [6.45, 7) is 0.269. The van der Waals surface area contributed by atoms with Gasteiger partial charge in [0.15, 0.2) is 16.7 Å². The molecule has 2 aromatic carbocycles. The van der Waals surface area contributed by atoms with Gasteiger partial charge in [-0.25, -0.2) is 4.99 Å². The summed E-state index contributed by atoms with van der Waals surface area (Å²) in [5, 5.41) is 10.7. The molecule has 0 aliphatic carbocycles. The number of amidine groups is 1. The largest absolute Gasteiger partial charge is 0.503 e. The van der Waals surface area contributed by atoms with Crippen LogP contribution < -0.4 is 4.74 Å². The third-order valence-electron chi connectivity index (χ3n) is 4.44. The maximum absolute atomic E-state index is 13.3. The molecule has 0 radical (unpaired) electrons. The number of phenolic OH excluding ortho intramolecular Hbond substituents is 1. The molecule has 4 rings (SSSR count). The molecule has 1 amide bonds. The van der Waals surface area contributed by atoms with Gasteiger partial charge in [0.05, 0.1) is 35.0 Å². The van der Waals surface area contributed by atoms with Gasteiger partial charge in [0.2, 0.25) is 0 Å². The fraction of sp³-hybridized carbons (Fsp3) is 0.0909. The van der Waals surface area contributed by atoms with E-state index in [4.69, 9.17) is 9.15 Å². The molecule has 0 spiro atoms. The van der Waals surface area contributed by atoms with Gasteiger partial charge < -0.3 is 14.3 Å². The molecule has 1 fully saturated rings. The summed E-state index contributed by atoms with van der Waals surface area (Å²) in [4.78, 5) is 20.0. The first-order valence-corrected chi connectivity index (χ1v) is 11.5. The molecule has 9 heteroatoms. The van der Waals surface area contributed by atoms with E-state index < -0.39 is 0 Å². The van der Waals surface area contributed by atoms with E-state index in [2.05, 4.69) is 36.9 Å². The first-order valence-electron chi connectivity index (χ1n) is 9.10. The number of para-hydroxylation sites is 1. The van der Waals surface area contributed by atoms with Gasteiger partial charge in [-0.3, -0.25) is 9.69 Å². The summed E-state index contributed by atoms with van der Waals surface area (Å²) in [5.74, 6) is 0.744. The van der Waals surface area contributed by atoms with Crippen LogP contribution in [0.5, 0.6) is 11.5 Å². The smallest absolute Gasteiger partial charge is 0.267 e. The minimum absolute atomic E-state index is 0.0206. The summed E-state index contributed by atoms with van der Waals surface area (Å²) >= 11 is 8.09. The Labute approximate surface area is 199 Å². The molecule has 0 atom stereocenters. The van der Waals surface area contributed by atoms with Crippen LogP contribution in [0.15, 0.2) is 78.1 Å². The van der Waals surface area contributed by atoms with Crippen molar-refractivity contribution in [2.75, 3.05) is 7.11 Å². The van der Waals surface area contributed by atoms with E-state index in [0.29, 0.717) is 36.1 Å². The quantitative estimate of drug-likeness (QED) is 0.367. The Morgan fingerprint density at radius 3 is 2.65 bits per heavy atom. The molecule has 1 aliphatic heterocycles. The van der Waals surface area contributed by atoms with E-state index >= 15 is 0 Å². The van der Waals surface area contributed by atoms with Crippen molar-refractivity contribution in [3.05, 3.63) is 80.0 Å². The molecule has 1 aromatic heterocycles. The number of hydrogen-bond acceptors (Lipinski definition) is 6. The number of phenols is 1. The number of rotatable bonds is 5. The highest BCUT2D eigenvalue weighted by molar-refractivity contribution is 9.13. The molecule has 6 nitrogen and oxygen atoms in total. The van der Waals surface area contributed by atoms with E-state index in [1.54, 1.807) is 29.4 Å². The minimum Gasteiger partial charge on any atom is -0.503 e. The molecule has 1 saturated heterocycles. The third kappa shape index (κ3) is 4.58. The molecule has 0 saturated carbocycles. The first-order chi connectivity index (χ1) is 15.0. The number of ether oxygens (including phenoxy) is 1. The fourth-order valence-electron chi connectivity index (χ4n) is 2.92. The highest BCUT2D eigenvalue weighted by atomic mass is 79.9. The van der Waals surface area contributed by atoms with Gasteiger partial charge >= 0.3 is 0 Å². The van der Waals surface area contributed by atoms with Crippen LogP contribution in [-0.2, 0) is 11.3 Å². The lowest BCUT2D eigenvalue weighted by Gasteiger charge is -2.13. The number of carbonyl (C=O) groups excluding carboxylic acids is 1. The van der Waals surface area contributed by atoms with Gasteiger partial charge in [0.25, 0.3) is 5.91 Å². The molecule has 158 valence electrons. The predicted octanol–water partition coefficient (Wildman–Crippen LogP) is 6.32. The second kappa shape index (κ2) is 9.33. The number of thioether (sulfide) groups is 1. The molecule has 2 heterocycles. The number of hydrogen-bond donors (Lipinski definition) is 1. The van der Waals surface area contributed by atoms with Crippen LogP contribution in [0.1, 0.15) is 11.3 Å². The molecule has 0 unspecified atom stereocenters. The average Bonchev–Trinajstić information content (AvgIpc) is 3.39. The second-order valence-electron chi connectivity index (χ2n) is 6.46. The number of aromatic hydroxyl groups is 1. The number of nitrogens with zero attached hydrogens (tertiary/aromatic N) is 2. The molecule has 1 aliphatic rings. The molecule has 31 heavy (non-hydrogen) atoms. The van der Waals surface area contributed by atoms with Crippen molar-refractivity contribution < 1.29 is 19.1 Å². The Kier molecular flexibility index (Phi) is 6.54. The van der Waals surface area contributed by atoms with Crippen molar-refractivity contribution in [3.63, 3.8) is 0 Å². The summed E-state index contributed by atoms with van der Waals surface area (Å²) in [6.07, 6.45) is 3.32. The monoisotopic (exact) mass is 562 g/mol. The Morgan fingerprint density at radius 1 is 1.19 bits per heavy atom. The van der Waals surface area contributed by atoms with Gasteiger partial charge in [0.1, 0.15) is 5.76 Å². The second-order valence-corrected chi connectivity index (χ2v) is 9.05. The number of carbonyl (C=O) groups is 1. The maximum atomic E-state index is 13.3. The minimum atomic E-state index is -0.189.